The second-order valence-corrected chi connectivity index (χ2v) is 4.99. The monoisotopic (exact) mass is 241 g/mol. The van der Waals surface area contributed by atoms with E-state index in [1.807, 2.05) is 6.92 Å². The summed E-state index contributed by atoms with van der Waals surface area (Å²) in [6.07, 6.45) is 3.53. The molecule has 1 aliphatic carbocycles. The van der Waals surface area contributed by atoms with E-state index < -0.39 is 5.54 Å². The summed E-state index contributed by atoms with van der Waals surface area (Å²) < 4.78 is 0. The average Bonchev–Trinajstić information content (AvgIpc) is 3.07. The number of nitrogens with one attached hydrogen (secondary N) is 2. The van der Waals surface area contributed by atoms with Gasteiger partial charge in [0, 0.05) is 19.0 Å². The van der Waals surface area contributed by atoms with Gasteiger partial charge in [-0.25, -0.2) is 0 Å². The first-order chi connectivity index (χ1) is 7.97. The first-order valence-corrected chi connectivity index (χ1v) is 6.32. The summed E-state index contributed by atoms with van der Waals surface area (Å²) in [5.41, 5.74) is 5.06. The molecule has 1 rings (SSSR count). The highest BCUT2D eigenvalue weighted by molar-refractivity contribution is 5.85. The molecule has 1 fully saturated rings. The molecule has 1 unspecified atom stereocenters. The van der Waals surface area contributed by atoms with Crippen LogP contribution in [0.5, 0.6) is 0 Å². The van der Waals surface area contributed by atoms with Crippen LogP contribution in [-0.4, -0.2) is 30.4 Å². The topological polar surface area (TPSA) is 84.2 Å². The number of carbonyl (C=O) groups is 2. The predicted molar refractivity (Wildman–Crippen MR) is 66.2 cm³/mol. The minimum atomic E-state index is -0.810. The minimum Gasteiger partial charge on any atom is -0.354 e. The van der Waals surface area contributed by atoms with Crippen molar-refractivity contribution in [3.05, 3.63) is 0 Å². The Kier molecular flexibility index (Phi) is 4.93. The Labute approximate surface area is 103 Å². The van der Waals surface area contributed by atoms with Gasteiger partial charge in [0.1, 0.15) is 0 Å². The number of rotatable bonds is 7. The van der Waals surface area contributed by atoms with E-state index in [1.165, 1.54) is 0 Å². The lowest BCUT2D eigenvalue weighted by Gasteiger charge is -2.22. The smallest absolute Gasteiger partial charge is 0.239 e. The van der Waals surface area contributed by atoms with Crippen molar-refractivity contribution in [2.75, 3.05) is 13.1 Å². The molecular formula is C12H23N3O2. The third-order valence-corrected chi connectivity index (χ3v) is 2.95. The number of amides is 2. The number of nitrogens with two attached hydrogens (primary N) is 1. The Morgan fingerprint density at radius 2 is 1.88 bits per heavy atom. The van der Waals surface area contributed by atoms with Crippen LogP contribution in [0.25, 0.3) is 0 Å². The third kappa shape index (κ3) is 4.73. The predicted octanol–water partition coefficient (Wildman–Crippen LogP) is 0.146. The highest BCUT2D eigenvalue weighted by Gasteiger charge is 2.29. The zero-order valence-electron chi connectivity index (χ0n) is 10.7. The fraction of sp³-hybridized carbons (Fsp3) is 0.833. The zero-order chi connectivity index (χ0) is 12.9. The molecule has 1 aliphatic rings. The van der Waals surface area contributed by atoms with E-state index in [0.717, 1.165) is 19.3 Å². The van der Waals surface area contributed by atoms with E-state index in [9.17, 15) is 9.59 Å². The van der Waals surface area contributed by atoms with Crippen LogP contribution in [0, 0.1) is 5.92 Å². The normalized spacial score (nSPS) is 18.3. The van der Waals surface area contributed by atoms with Gasteiger partial charge in [-0.15, -0.1) is 0 Å². The van der Waals surface area contributed by atoms with Crippen LogP contribution in [0.4, 0.5) is 0 Å². The van der Waals surface area contributed by atoms with Gasteiger partial charge in [0.15, 0.2) is 0 Å². The number of carbonyl (C=O) groups excluding carboxylic acids is 2. The van der Waals surface area contributed by atoms with Crippen LogP contribution in [0.15, 0.2) is 0 Å². The maximum absolute atomic E-state index is 11.7. The number of hydrogen-bond acceptors (Lipinski definition) is 3. The molecule has 0 aromatic heterocycles. The third-order valence-electron chi connectivity index (χ3n) is 2.95. The molecule has 0 aliphatic heterocycles. The lowest BCUT2D eigenvalue weighted by Crippen LogP contribution is -2.52. The summed E-state index contributed by atoms with van der Waals surface area (Å²) >= 11 is 0. The SMILES string of the molecule is CCCC(C)(N)C(=O)NCCNC(=O)C1CC1. The van der Waals surface area contributed by atoms with E-state index in [0.29, 0.717) is 19.5 Å². The van der Waals surface area contributed by atoms with Gasteiger partial charge < -0.3 is 16.4 Å². The lowest BCUT2D eigenvalue weighted by molar-refractivity contribution is -0.126. The summed E-state index contributed by atoms with van der Waals surface area (Å²) in [6.45, 7) is 4.64. The van der Waals surface area contributed by atoms with Gasteiger partial charge in [-0.1, -0.05) is 13.3 Å². The molecular weight excluding hydrogens is 218 g/mol. The molecule has 0 aromatic rings. The largest absolute Gasteiger partial charge is 0.354 e. The molecule has 17 heavy (non-hydrogen) atoms. The molecule has 5 heteroatoms. The molecule has 1 atom stereocenters. The van der Waals surface area contributed by atoms with Crippen LogP contribution in [0.1, 0.15) is 39.5 Å². The van der Waals surface area contributed by atoms with Gasteiger partial charge in [0.05, 0.1) is 5.54 Å². The Hall–Kier alpha value is -1.10. The van der Waals surface area contributed by atoms with E-state index in [4.69, 9.17) is 5.73 Å². The molecule has 0 aromatic carbocycles. The second kappa shape index (κ2) is 6.00. The van der Waals surface area contributed by atoms with E-state index in [2.05, 4.69) is 10.6 Å². The molecule has 0 saturated heterocycles. The van der Waals surface area contributed by atoms with Crippen molar-refractivity contribution in [2.45, 2.75) is 45.1 Å². The molecule has 0 heterocycles. The molecule has 0 radical (unpaired) electrons. The second-order valence-electron chi connectivity index (χ2n) is 4.99. The molecule has 5 nitrogen and oxygen atoms in total. The van der Waals surface area contributed by atoms with Gasteiger partial charge in [0.25, 0.3) is 0 Å². The van der Waals surface area contributed by atoms with Crippen LogP contribution in [-0.2, 0) is 9.59 Å². The lowest BCUT2D eigenvalue weighted by atomic mass is 9.97. The zero-order valence-corrected chi connectivity index (χ0v) is 10.7. The highest BCUT2D eigenvalue weighted by atomic mass is 16.2. The van der Waals surface area contributed by atoms with Crippen molar-refractivity contribution in [3.63, 3.8) is 0 Å². The van der Waals surface area contributed by atoms with Crippen molar-refractivity contribution in [3.8, 4) is 0 Å². The van der Waals surface area contributed by atoms with Crippen molar-refractivity contribution in [1.82, 2.24) is 10.6 Å². The summed E-state index contributed by atoms with van der Waals surface area (Å²) in [4.78, 5) is 23.0. The van der Waals surface area contributed by atoms with Crippen LogP contribution < -0.4 is 16.4 Å². The van der Waals surface area contributed by atoms with Gasteiger partial charge in [0.2, 0.25) is 11.8 Å². The molecule has 4 N–H and O–H groups in total. The van der Waals surface area contributed by atoms with E-state index >= 15 is 0 Å². The minimum absolute atomic E-state index is 0.100. The van der Waals surface area contributed by atoms with Crippen molar-refractivity contribution in [1.29, 1.82) is 0 Å². The molecule has 0 spiro atoms. The fourth-order valence-electron chi connectivity index (χ4n) is 1.69. The van der Waals surface area contributed by atoms with Crippen molar-refractivity contribution in [2.24, 2.45) is 11.7 Å². The standard InChI is InChI=1S/C12H23N3O2/c1-3-6-12(2,13)11(17)15-8-7-14-10(16)9-4-5-9/h9H,3-8,13H2,1-2H3,(H,14,16)(H,15,17). The van der Waals surface area contributed by atoms with Gasteiger partial charge in [-0.05, 0) is 26.2 Å². The highest BCUT2D eigenvalue weighted by Crippen LogP contribution is 2.28. The fourth-order valence-corrected chi connectivity index (χ4v) is 1.69. The first kappa shape index (κ1) is 14.0. The summed E-state index contributed by atoms with van der Waals surface area (Å²) in [7, 11) is 0. The Bertz CT molecular complexity index is 285. The molecule has 0 bridgehead atoms. The maximum Gasteiger partial charge on any atom is 0.239 e. The van der Waals surface area contributed by atoms with Crippen LogP contribution in [0.3, 0.4) is 0 Å². The van der Waals surface area contributed by atoms with Gasteiger partial charge in [-0.3, -0.25) is 9.59 Å². The molecule has 1 saturated carbocycles. The van der Waals surface area contributed by atoms with E-state index in [1.54, 1.807) is 6.92 Å². The maximum atomic E-state index is 11.7. The summed E-state index contributed by atoms with van der Waals surface area (Å²) in [6, 6.07) is 0. The Morgan fingerprint density at radius 1 is 1.29 bits per heavy atom. The van der Waals surface area contributed by atoms with Crippen LogP contribution >= 0.6 is 0 Å². The van der Waals surface area contributed by atoms with Crippen molar-refractivity contribution >= 4 is 11.8 Å². The Morgan fingerprint density at radius 3 is 2.41 bits per heavy atom. The quantitative estimate of drug-likeness (QED) is 0.555. The molecule has 2 amide bonds. The first-order valence-electron chi connectivity index (χ1n) is 6.32. The van der Waals surface area contributed by atoms with E-state index in [-0.39, 0.29) is 17.7 Å². The Balaban J connectivity index is 2.12. The van der Waals surface area contributed by atoms with Crippen molar-refractivity contribution < 1.29 is 9.59 Å². The van der Waals surface area contributed by atoms with Gasteiger partial charge >= 0.3 is 0 Å². The van der Waals surface area contributed by atoms with Crippen LogP contribution in [0.2, 0.25) is 0 Å². The molecule has 98 valence electrons. The summed E-state index contributed by atoms with van der Waals surface area (Å²) in [5, 5.41) is 5.53. The van der Waals surface area contributed by atoms with Gasteiger partial charge in [-0.2, -0.15) is 0 Å². The number of hydrogen-bond donors (Lipinski definition) is 3. The summed E-state index contributed by atoms with van der Waals surface area (Å²) in [5.74, 6) is 0.161. The average molecular weight is 241 g/mol.